The summed E-state index contributed by atoms with van der Waals surface area (Å²) >= 11 is 0. The van der Waals surface area contributed by atoms with Gasteiger partial charge in [-0.25, -0.2) is 4.39 Å². The summed E-state index contributed by atoms with van der Waals surface area (Å²) < 4.78 is 23.9. The number of carbonyl (C=O) groups is 1. The SMILES string of the molecule is CCOC(=O)[C@@H](N=[N+]=[N-])[C@H](Oc1ccc(F)cc1[N+](=O)[O-])c1ccccc1. The second-order valence-electron chi connectivity index (χ2n) is 5.22. The van der Waals surface area contributed by atoms with Gasteiger partial charge in [0, 0.05) is 4.91 Å². The first-order valence-corrected chi connectivity index (χ1v) is 7.84. The molecule has 0 saturated heterocycles. The molecule has 2 aromatic carbocycles. The summed E-state index contributed by atoms with van der Waals surface area (Å²) in [5.74, 6) is -1.95. The van der Waals surface area contributed by atoms with Gasteiger partial charge in [0.2, 0.25) is 0 Å². The Labute approximate surface area is 153 Å². The predicted octanol–water partition coefficient (Wildman–Crippen LogP) is 4.10. The van der Waals surface area contributed by atoms with E-state index in [1.54, 1.807) is 37.3 Å². The van der Waals surface area contributed by atoms with E-state index >= 15 is 0 Å². The lowest BCUT2D eigenvalue weighted by molar-refractivity contribution is -0.386. The zero-order chi connectivity index (χ0) is 19.8. The van der Waals surface area contributed by atoms with Crippen LogP contribution in [-0.2, 0) is 9.53 Å². The van der Waals surface area contributed by atoms with E-state index in [0.29, 0.717) is 11.6 Å². The van der Waals surface area contributed by atoms with E-state index in [4.69, 9.17) is 15.0 Å². The minimum atomic E-state index is -1.44. The molecule has 0 aliphatic heterocycles. The molecule has 10 heteroatoms. The Morgan fingerprint density at radius 3 is 2.63 bits per heavy atom. The minimum absolute atomic E-state index is 0.0362. The molecule has 2 aromatic rings. The number of halogens is 1. The number of carbonyl (C=O) groups excluding carboxylic acids is 1. The van der Waals surface area contributed by atoms with Crippen LogP contribution in [-0.4, -0.2) is 23.5 Å². The second-order valence-corrected chi connectivity index (χ2v) is 5.22. The van der Waals surface area contributed by atoms with E-state index in [-0.39, 0.29) is 12.4 Å². The summed E-state index contributed by atoms with van der Waals surface area (Å²) in [4.78, 5) is 25.3. The number of hydrogen-bond acceptors (Lipinski definition) is 6. The monoisotopic (exact) mass is 374 g/mol. The third-order valence-electron chi connectivity index (χ3n) is 3.49. The van der Waals surface area contributed by atoms with Crippen LogP contribution in [0.25, 0.3) is 10.4 Å². The summed E-state index contributed by atoms with van der Waals surface area (Å²) in [6.45, 7) is 1.61. The van der Waals surface area contributed by atoms with Crippen molar-refractivity contribution in [1.82, 2.24) is 0 Å². The molecule has 0 fully saturated rings. The summed E-state index contributed by atoms with van der Waals surface area (Å²) in [6, 6.07) is 9.53. The average molecular weight is 374 g/mol. The Morgan fingerprint density at radius 1 is 1.33 bits per heavy atom. The van der Waals surface area contributed by atoms with Crippen LogP contribution in [0.5, 0.6) is 5.75 Å². The van der Waals surface area contributed by atoms with Crippen molar-refractivity contribution < 1.29 is 23.6 Å². The number of nitrogens with zero attached hydrogens (tertiary/aromatic N) is 4. The van der Waals surface area contributed by atoms with Crippen molar-refractivity contribution in [2.75, 3.05) is 6.61 Å². The Kier molecular flexibility index (Phi) is 6.67. The number of ether oxygens (including phenoxy) is 2. The summed E-state index contributed by atoms with van der Waals surface area (Å²) in [5, 5.41) is 14.7. The Morgan fingerprint density at radius 2 is 2.04 bits per heavy atom. The molecular formula is C17H15FN4O5. The molecule has 0 amide bonds. The summed E-state index contributed by atoms with van der Waals surface area (Å²) in [6.07, 6.45) is -1.22. The summed E-state index contributed by atoms with van der Waals surface area (Å²) in [7, 11) is 0. The standard InChI is InChI=1S/C17H15FN4O5/c1-2-26-17(23)15(20-21-19)16(11-6-4-3-5-7-11)27-14-9-8-12(18)10-13(14)22(24)25/h3-10,15-16H,2H2,1H3/t15-,16+/m0/s1. The van der Waals surface area contributed by atoms with Gasteiger partial charge in [0.25, 0.3) is 0 Å². The molecule has 0 unspecified atom stereocenters. The van der Waals surface area contributed by atoms with Crippen LogP contribution in [0.2, 0.25) is 0 Å². The molecule has 140 valence electrons. The second kappa shape index (κ2) is 9.16. The van der Waals surface area contributed by atoms with Gasteiger partial charge >= 0.3 is 11.7 Å². The Balaban J connectivity index is 2.53. The maximum Gasteiger partial charge on any atom is 0.319 e. The lowest BCUT2D eigenvalue weighted by Gasteiger charge is -2.23. The molecule has 0 heterocycles. The van der Waals surface area contributed by atoms with Crippen molar-refractivity contribution in [3.05, 3.63) is 80.5 Å². The van der Waals surface area contributed by atoms with Crippen LogP contribution >= 0.6 is 0 Å². The largest absolute Gasteiger partial charge is 0.478 e. The van der Waals surface area contributed by atoms with E-state index in [1.165, 1.54) is 0 Å². The highest BCUT2D eigenvalue weighted by molar-refractivity contribution is 5.77. The Hall–Kier alpha value is -3.65. The smallest absolute Gasteiger partial charge is 0.319 e. The van der Waals surface area contributed by atoms with Gasteiger partial charge in [-0.1, -0.05) is 35.4 Å². The van der Waals surface area contributed by atoms with Crippen LogP contribution in [0.15, 0.2) is 53.6 Å². The zero-order valence-electron chi connectivity index (χ0n) is 14.2. The van der Waals surface area contributed by atoms with Crippen molar-refractivity contribution in [2.45, 2.75) is 19.1 Å². The van der Waals surface area contributed by atoms with E-state index < -0.39 is 34.5 Å². The van der Waals surface area contributed by atoms with Gasteiger partial charge in [0.15, 0.2) is 11.8 Å². The van der Waals surface area contributed by atoms with Crippen LogP contribution in [0.3, 0.4) is 0 Å². The van der Waals surface area contributed by atoms with Crippen molar-refractivity contribution in [1.29, 1.82) is 0 Å². The molecule has 0 bridgehead atoms. The molecule has 0 saturated carbocycles. The van der Waals surface area contributed by atoms with Crippen LogP contribution in [0.1, 0.15) is 18.6 Å². The fourth-order valence-electron chi connectivity index (χ4n) is 2.34. The third kappa shape index (κ3) is 4.93. The van der Waals surface area contributed by atoms with Crippen molar-refractivity contribution >= 4 is 11.7 Å². The number of rotatable bonds is 8. The maximum absolute atomic E-state index is 13.4. The van der Waals surface area contributed by atoms with Gasteiger partial charge in [0.1, 0.15) is 11.9 Å². The van der Waals surface area contributed by atoms with Gasteiger partial charge in [-0.15, -0.1) is 0 Å². The van der Waals surface area contributed by atoms with Gasteiger partial charge in [-0.05, 0) is 30.2 Å². The molecule has 0 aliphatic carbocycles. The minimum Gasteiger partial charge on any atom is -0.478 e. The Bertz CT molecular complexity index is 871. The normalized spacial score (nSPS) is 12.4. The van der Waals surface area contributed by atoms with Gasteiger partial charge in [-0.3, -0.25) is 14.9 Å². The molecule has 9 nitrogen and oxygen atoms in total. The first kappa shape index (κ1) is 19.7. The molecule has 2 rings (SSSR count). The quantitative estimate of drug-likeness (QED) is 0.172. The molecular weight excluding hydrogens is 359 g/mol. The highest BCUT2D eigenvalue weighted by atomic mass is 19.1. The molecule has 27 heavy (non-hydrogen) atoms. The van der Waals surface area contributed by atoms with Crippen molar-refractivity contribution in [3.8, 4) is 5.75 Å². The van der Waals surface area contributed by atoms with E-state index in [0.717, 1.165) is 12.1 Å². The number of esters is 1. The average Bonchev–Trinajstić information content (AvgIpc) is 2.66. The predicted molar refractivity (Wildman–Crippen MR) is 92.4 cm³/mol. The number of nitro groups is 1. The first-order valence-electron chi connectivity index (χ1n) is 7.84. The van der Waals surface area contributed by atoms with Crippen molar-refractivity contribution in [2.24, 2.45) is 5.11 Å². The van der Waals surface area contributed by atoms with Gasteiger partial charge in [-0.2, -0.15) is 0 Å². The zero-order valence-corrected chi connectivity index (χ0v) is 14.2. The highest BCUT2D eigenvalue weighted by Crippen LogP contribution is 2.34. The topological polar surface area (TPSA) is 127 Å². The van der Waals surface area contributed by atoms with Crippen LogP contribution in [0.4, 0.5) is 10.1 Å². The first-order chi connectivity index (χ1) is 13.0. The third-order valence-corrected chi connectivity index (χ3v) is 3.49. The molecule has 2 atom stereocenters. The van der Waals surface area contributed by atoms with E-state index in [1.807, 2.05) is 0 Å². The van der Waals surface area contributed by atoms with Crippen LogP contribution in [0, 0.1) is 15.9 Å². The van der Waals surface area contributed by atoms with Gasteiger partial charge in [0.05, 0.1) is 17.6 Å². The number of azide groups is 1. The number of benzene rings is 2. The van der Waals surface area contributed by atoms with Gasteiger partial charge < -0.3 is 9.47 Å². The summed E-state index contributed by atoms with van der Waals surface area (Å²) in [5.41, 5.74) is 8.62. The number of nitro benzene ring substituents is 1. The lowest BCUT2D eigenvalue weighted by Crippen LogP contribution is -2.31. The fraction of sp³-hybridized carbons (Fsp3) is 0.235. The molecule has 0 spiro atoms. The molecule has 0 aliphatic rings. The molecule has 0 aromatic heterocycles. The maximum atomic E-state index is 13.4. The van der Waals surface area contributed by atoms with E-state index in [2.05, 4.69) is 10.0 Å². The lowest BCUT2D eigenvalue weighted by atomic mass is 10.0. The van der Waals surface area contributed by atoms with E-state index in [9.17, 15) is 19.3 Å². The number of hydrogen-bond donors (Lipinski definition) is 0. The molecule has 0 N–H and O–H groups in total. The van der Waals surface area contributed by atoms with Crippen LogP contribution < -0.4 is 4.74 Å². The van der Waals surface area contributed by atoms with Crippen molar-refractivity contribution in [3.63, 3.8) is 0 Å². The molecule has 0 radical (unpaired) electrons. The fourth-order valence-corrected chi connectivity index (χ4v) is 2.34. The highest BCUT2D eigenvalue weighted by Gasteiger charge is 2.33.